The van der Waals surface area contributed by atoms with Gasteiger partial charge in [0.1, 0.15) is 0 Å². The Labute approximate surface area is 110 Å². The molecule has 0 saturated heterocycles. The van der Waals surface area contributed by atoms with Crippen LogP contribution in [0, 0.1) is 0 Å². The van der Waals surface area contributed by atoms with Crippen LogP contribution in [0.5, 0.6) is 0 Å². The molecule has 0 aliphatic heterocycles. The number of hydrogen-bond donors (Lipinski definition) is 3. The van der Waals surface area contributed by atoms with Crippen molar-refractivity contribution in [3.63, 3.8) is 0 Å². The Balaban J connectivity index is 1.97. The fourth-order valence-electron chi connectivity index (χ4n) is 2.42. The number of amides is 2. The molecular weight excluding hydrogens is 248 g/mol. The van der Waals surface area contributed by atoms with Crippen molar-refractivity contribution in [2.45, 2.75) is 37.6 Å². The largest absolute Gasteiger partial charge is 0.481 e. The number of hydrogen-bond acceptors (Lipinski definition) is 4. The number of nitrogens with one attached hydrogen (secondary N) is 2. The SMILES string of the molecule is O=C(O)CC1(NC(=O)Nc2ncccn2)CCCC1. The molecule has 0 unspecified atom stereocenters. The summed E-state index contributed by atoms with van der Waals surface area (Å²) in [4.78, 5) is 30.5. The second-order valence-electron chi connectivity index (χ2n) is 4.71. The van der Waals surface area contributed by atoms with Crippen LogP contribution in [0.4, 0.5) is 10.7 Å². The van der Waals surface area contributed by atoms with Gasteiger partial charge in [0.05, 0.1) is 12.0 Å². The predicted molar refractivity (Wildman–Crippen MR) is 67.6 cm³/mol. The lowest BCUT2D eigenvalue weighted by Gasteiger charge is -2.28. The maximum atomic E-state index is 11.9. The fraction of sp³-hybridized carbons (Fsp3) is 0.500. The van der Waals surface area contributed by atoms with Gasteiger partial charge in [-0.1, -0.05) is 12.8 Å². The van der Waals surface area contributed by atoms with Gasteiger partial charge in [0, 0.05) is 12.4 Å². The van der Waals surface area contributed by atoms with Crippen LogP contribution in [0.15, 0.2) is 18.5 Å². The van der Waals surface area contributed by atoms with Crippen LogP contribution in [0.25, 0.3) is 0 Å². The highest BCUT2D eigenvalue weighted by Gasteiger charge is 2.37. The molecule has 2 rings (SSSR count). The topological polar surface area (TPSA) is 104 Å². The van der Waals surface area contributed by atoms with Crippen LogP contribution in [-0.4, -0.2) is 32.6 Å². The van der Waals surface area contributed by atoms with Gasteiger partial charge in [-0.3, -0.25) is 10.1 Å². The van der Waals surface area contributed by atoms with Gasteiger partial charge in [-0.2, -0.15) is 0 Å². The molecule has 1 fully saturated rings. The van der Waals surface area contributed by atoms with E-state index in [-0.39, 0.29) is 12.4 Å². The average molecular weight is 264 g/mol. The number of anilines is 1. The first-order chi connectivity index (χ1) is 9.10. The van der Waals surface area contributed by atoms with Gasteiger partial charge < -0.3 is 10.4 Å². The molecule has 102 valence electrons. The Bertz CT molecular complexity index is 457. The Morgan fingerprint density at radius 1 is 1.26 bits per heavy atom. The summed E-state index contributed by atoms with van der Waals surface area (Å²) in [6.07, 6.45) is 6.20. The minimum absolute atomic E-state index is 0.0595. The van der Waals surface area contributed by atoms with Crippen molar-refractivity contribution >= 4 is 17.9 Å². The first kappa shape index (κ1) is 13.3. The molecule has 1 heterocycles. The van der Waals surface area contributed by atoms with E-state index < -0.39 is 17.5 Å². The van der Waals surface area contributed by atoms with E-state index in [1.54, 1.807) is 6.07 Å². The van der Waals surface area contributed by atoms with Crippen LogP contribution >= 0.6 is 0 Å². The highest BCUT2D eigenvalue weighted by atomic mass is 16.4. The molecule has 0 radical (unpaired) electrons. The van der Waals surface area contributed by atoms with E-state index in [9.17, 15) is 9.59 Å². The van der Waals surface area contributed by atoms with E-state index in [2.05, 4.69) is 20.6 Å². The summed E-state index contributed by atoms with van der Waals surface area (Å²) in [6.45, 7) is 0. The summed E-state index contributed by atoms with van der Waals surface area (Å²) >= 11 is 0. The Morgan fingerprint density at radius 3 is 2.47 bits per heavy atom. The van der Waals surface area contributed by atoms with E-state index in [1.165, 1.54) is 12.4 Å². The van der Waals surface area contributed by atoms with Crippen molar-refractivity contribution in [3.8, 4) is 0 Å². The summed E-state index contributed by atoms with van der Waals surface area (Å²) in [5, 5.41) is 14.2. The van der Waals surface area contributed by atoms with Crippen LogP contribution in [-0.2, 0) is 4.79 Å². The van der Waals surface area contributed by atoms with Crippen LogP contribution in [0.3, 0.4) is 0 Å². The van der Waals surface area contributed by atoms with E-state index in [1.807, 2.05) is 0 Å². The molecule has 1 aromatic heterocycles. The van der Waals surface area contributed by atoms with E-state index >= 15 is 0 Å². The van der Waals surface area contributed by atoms with Gasteiger partial charge in [-0.15, -0.1) is 0 Å². The standard InChI is InChI=1S/C12H16N4O3/c17-9(18)8-12(4-1-2-5-12)16-11(19)15-10-13-6-3-7-14-10/h3,6-7H,1-2,4-5,8H2,(H,17,18)(H2,13,14,15,16,19). The number of aromatic nitrogens is 2. The number of carboxylic acid groups (broad SMARTS) is 1. The van der Waals surface area contributed by atoms with Crippen LogP contribution in [0.1, 0.15) is 32.1 Å². The van der Waals surface area contributed by atoms with Crippen molar-refractivity contribution in [2.24, 2.45) is 0 Å². The maximum absolute atomic E-state index is 11.9. The molecule has 0 aromatic carbocycles. The predicted octanol–water partition coefficient (Wildman–Crippen LogP) is 1.39. The summed E-state index contributed by atoms with van der Waals surface area (Å²) < 4.78 is 0. The molecule has 1 aromatic rings. The summed E-state index contributed by atoms with van der Waals surface area (Å²) in [6, 6.07) is 1.18. The van der Waals surface area contributed by atoms with Gasteiger partial charge >= 0.3 is 12.0 Å². The Kier molecular flexibility index (Phi) is 3.94. The molecule has 1 aliphatic carbocycles. The zero-order chi connectivity index (χ0) is 13.7. The number of carboxylic acids is 1. The third kappa shape index (κ3) is 3.64. The number of rotatable bonds is 4. The normalized spacial score (nSPS) is 16.8. The minimum Gasteiger partial charge on any atom is -0.481 e. The lowest BCUT2D eigenvalue weighted by atomic mass is 9.93. The molecule has 2 amide bonds. The molecule has 7 nitrogen and oxygen atoms in total. The zero-order valence-corrected chi connectivity index (χ0v) is 10.4. The van der Waals surface area contributed by atoms with Crippen LogP contribution < -0.4 is 10.6 Å². The van der Waals surface area contributed by atoms with Crippen molar-refractivity contribution in [1.29, 1.82) is 0 Å². The number of carbonyl (C=O) groups is 2. The van der Waals surface area contributed by atoms with Gasteiger partial charge in [0.15, 0.2) is 0 Å². The molecular formula is C12H16N4O3. The zero-order valence-electron chi connectivity index (χ0n) is 10.4. The molecule has 0 bridgehead atoms. The second-order valence-corrected chi connectivity index (χ2v) is 4.71. The molecule has 1 saturated carbocycles. The van der Waals surface area contributed by atoms with Crippen LogP contribution in [0.2, 0.25) is 0 Å². The summed E-state index contributed by atoms with van der Waals surface area (Å²) in [5.74, 6) is -0.707. The number of urea groups is 1. The minimum atomic E-state index is -0.904. The van der Waals surface area contributed by atoms with Crippen molar-refractivity contribution in [1.82, 2.24) is 15.3 Å². The molecule has 3 N–H and O–H groups in total. The summed E-state index contributed by atoms with van der Waals surface area (Å²) in [5.41, 5.74) is -0.648. The van der Waals surface area contributed by atoms with Gasteiger partial charge in [-0.05, 0) is 18.9 Å². The lowest BCUT2D eigenvalue weighted by Crippen LogP contribution is -2.49. The molecule has 0 spiro atoms. The quantitative estimate of drug-likeness (QED) is 0.762. The molecule has 0 atom stereocenters. The van der Waals surface area contributed by atoms with Crippen molar-refractivity contribution in [3.05, 3.63) is 18.5 Å². The molecule has 7 heteroatoms. The third-order valence-electron chi connectivity index (χ3n) is 3.22. The smallest absolute Gasteiger partial charge is 0.322 e. The first-order valence-corrected chi connectivity index (χ1v) is 6.18. The molecule has 19 heavy (non-hydrogen) atoms. The first-order valence-electron chi connectivity index (χ1n) is 6.18. The molecule has 1 aliphatic rings. The fourth-order valence-corrected chi connectivity index (χ4v) is 2.42. The van der Waals surface area contributed by atoms with Gasteiger partial charge in [0.25, 0.3) is 0 Å². The lowest BCUT2D eigenvalue weighted by molar-refractivity contribution is -0.138. The van der Waals surface area contributed by atoms with Gasteiger partial charge in [0.2, 0.25) is 5.95 Å². The third-order valence-corrected chi connectivity index (χ3v) is 3.22. The van der Waals surface area contributed by atoms with E-state index in [0.29, 0.717) is 12.8 Å². The van der Waals surface area contributed by atoms with E-state index in [0.717, 1.165) is 12.8 Å². The highest BCUT2D eigenvalue weighted by Crippen LogP contribution is 2.32. The maximum Gasteiger partial charge on any atom is 0.322 e. The Hall–Kier alpha value is -2.18. The van der Waals surface area contributed by atoms with E-state index in [4.69, 9.17) is 5.11 Å². The monoisotopic (exact) mass is 264 g/mol. The number of aliphatic carboxylic acids is 1. The number of nitrogens with zero attached hydrogens (tertiary/aromatic N) is 2. The van der Waals surface area contributed by atoms with Crippen molar-refractivity contribution in [2.75, 3.05) is 5.32 Å². The highest BCUT2D eigenvalue weighted by molar-refractivity contribution is 5.88. The average Bonchev–Trinajstić information content (AvgIpc) is 2.77. The van der Waals surface area contributed by atoms with Gasteiger partial charge in [-0.25, -0.2) is 14.8 Å². The summed E-state index contributed by atoms with van der Waals surface area (Å²) in [7, 11) is 0. The second kappa shape index (κ2) is 5.64. The van der Waals surface area contributed by atoms with Crippen molar-refractivity contribution < 1.29 is 14.7 Å². The Morgan fingerprint density at radius 2 is 1.89 bits per heavy atom. The number of carbonyl (C=O) groups excluding carboxylic acids is 1.